The minimum atomic E-state index is 0. The third-order valence-corrected chi connectivity index (χ3v) is 5.72. The monoisotopic (exact) mass is 484 g/mol. The van der Waals surface area contributed by atoms with E-state index in [-0.39, 0.29) is 24.0 Å². The fraction of sp³-hybridized carbons (Fsp3) is 0.500. The lowest BCUT2D eigenvalue weighted by atomic mass is 9.99. The van der Waals surface area contributed by atoms with Gasteiger partial charge in [0, 0.05) is 24.5 Å². The zero-order chi connectivity index (χ0) is 17.6. The summed E-state index contributed by atoms with van der Waals surface area (Å²) in [5.74, 6) is 1.75. The van der Waals surface area contributed by atoms with Crippen LogP contribution in [0.4, 0.5) is 0 Å². The Balaban J connectivity index is 0.00000243. The van der Waals surface area contributed by atoms with Crippen LogP contribution in [0.2, 0.25) is 0 Å². The molecule has 3 rings (SSSR count). The van der Waals surface area contributed by atoms with Crippen LogP contribution in [-0.2, 0) is 13.0 Å². The molecule has 1 aromatic carbocycles. The number of nitrogens with zero attached hydrogens (tertiary/aromatic N) is 3. The van der Waals surface area contributed by atoms with Gasteiger partial charge in [-0.3, -0.25) is 0 Å². The summed E-state index contributed by atoms with van der Waals surface area (Å²) in [5, 5.41) is 4.59. The fourth-order valence-electron chi connectivity index (χ4n) is 3.43. The first kappa shape index (κ1) is 21.2. The van der Waals surface area contributed by atoms with Gasteiger partial charge < -0.3 is 10.2 Å². The molecule has 1 atom stereocenters. The number of aliphatic imine (C=N–C) groups is 1. The number of guanidine groups is 1. The average molecular weight is 484 g/mol. The fourth-order valence-corrected chi connectivity index (χ4v) is 4.29. The summed E-state index contributed by atoms with van der Waals surface area (Å²) in [4.78, 5) is 13.1. The van der Waals surface area contributed by atoms with Crippen molar-refractivity contribution in [3.8, 4) is 0 Å². The number of thiazole rings is 1. The van der Waals surface area contributed by atoms with E-state index in [2.05, 4.69) is 66.3 Å². The van der Waals surface area contributed by atoms with Crippen LogP contribution in [0.3, 0.4) is 0 Å². The number of halogens is 1. The van der Waals surface area contributed by atoms with Gasteiger partial charge in [0.1, 0.15) is 0 Å². The predicted octanol–water partition coefficient (Wildman–Crippen LogP) is 4.41. The summed E-state index contributed by atoms with van der Waals surface area (Å²) in [7, 11) is 0. The lowest BCUT2D eigenvalue weighted by Crippen LogP contribution is -2.40. The number of aromatic nitrogens is 1. The highest BCUT2D eigenvalue weighted by Crippen LogP contribution is 2.22. The molecule has 142 valence electrons. The van der Waals surface area contributed by atoms with Crippen LogP contribution in [0, 0.1) is 19.8 Å². The summed E-state index contributed by atoms with van der Waals surface area (Å²) in [6.45, 7) is 10.1. The van der Waals surface area contributed by atoms with E-state index in [1.165, 1.54) is 16.9 Å². The SMILES string of the molecule is CCNC(=NCc1sc(C)nc1C)N1CCC(Cc2ccccc2)C1.I. The molecule has 1 aliphatic rings. The van der Waals surface area contributed by atoms with Gasteiger partial charge in [-0.1, -0.05) is 30.3 Å². The van der Waals surface area contributed by atoms with Gasteiger partial charge in [0.25, 0.3) is 0 Å². The van der Waals surface area contributed by atoms with Gasteiger partial charge >= 0.3 is 0 Å². The minimum Gasteiger partial charge on any atom is -0.357 e. The van der Waals surface area contributed by atoms with E-state index >= 15 is 0 Å². The van der Waals surface area contributed by atoms with Gasteiger partial charge in [0.05, 0.1) is 17.2 Å². The molecule has 1 unspecified atom stereocenters. The third-order valence-electron chi connectivity index (χ3n) is 4.66. The highest BCUT2D eigenvalue weighted by Gasteiger charge is 2.25. The largest absolute Gasteiger partial charge is 0.357 e. The summed E-state index contributed by atoms with van der Waals surface area (Å²) in [5.41, 5.74) is 2.55. The number of aryl methyl sites for hydroxylation is 2. The zero-order valence-corrected chi connectivity index (χ0v) is 19.0. The van der Waals surface area contributed by atoms with E-state index in [4.69, 9.17) is 4.99 Å². The second-order valence-electron chi connectivity index (χ2n) is 6.70. The lowest BCUT2D eigenvalue weighted by Gasteiger charge is -2.21. The van der Waals surface area contributed by atoms with E-state index in [1.807, 2.05) is 0 Å². The predicted molar refractivity (Wildman–Crippen MR) is 122 cm³/mol. The summed E-state index contributed by atoms with van der Waals surface area (Å²) in [6, 6.07) is 10.8. The second-order valence-corrected chi connectivity index (χ2v) is 7.99. The smallest absolute Gasteiger partial charge is 0.194 e. The number of likely N-dealkylation sites (tertiary alicyclic amines) is 1. The van der Waals surface area contributed by atoms with E-state index in [1.54, 1.807) is 11.3 Å². The molecule has 1 aromatic heterocycles. The Morgan fingerprint density at radius 3 is 2.73 bits per heavy atom. The van der Waals surface area contributed by atoms with Crippen molar-refractivity contribution < 1.29 is 0 Å². The Kier molecular flexibility index (Phi) is 8.34. The first-order valence-corrected chi connectivity index (χ1v) is 9.97. The van der Waals surface area contributed by atoms with Crippen LogP contribution in [0.1, 0.15) is 34.5 Å². The topological polar surface area (TPSA) is 40.5 Å². The summed E-state index contributed by atoms with van der Waals surface area (Å²) >= 11 is 1.75. The minimum absolute atomic E-state index is 0. The first-order chi connectivity index (χ1) is 12.2. The van der Waals surface area contributed by atoms with Crippen LogP contribution in [0.5, 0.6) is 0 Å². The normalized spacial score (nSPS) is 17.3. The molecule has 0 radical (unpaired) electrons. The maximum Gasteiger partial charge on any atom is 0.194 e. The molecule has 26 heavy (non-hydrogen) atoms. The molecule has 1 N–H and O–H groups in total. The van der Waals surface area contributed by atoms with Gasteiger partial charge in [0.2, 0.25) is 0 Å². The van der Waals surface area contributed by atoms with Crippen LogP contribution >= 0.6 is 35.3 Å². The van der Waals surface area contributed by atoms with E-state index in [9.17, 15) is 0 Å². The molecule has 2 heterocycles. The van der Waals surface area contributed by atoms with Crippen molar-refractivity contribution in [3.05, 3.63) is 51.5 Å². The highest BCUT2D eigenvalue weighted by atomic mass is 127. The Morgan fingerprint density at radius 1 is 1.31 bits per heavy atom. The Hall–Kier alpha value is -1.15. The molecule has 0 saturated carbocycles. The van der Waals surface area contributed by atoms with Crippen LogP contribution in [-0.4, -0.2) is 35.5 Å². The van der Waals surface area contributed by atoms with Gasteiger partial charge in [-0.25, -0.2) is 9.98 Å². The maximum atomic E-state index is 4.88. The molecule has 0 spiro atoms. The number of nitrogens with one attached hydrogen (secondary N) is 1. The van der Waals surface area contributed by atoms with E-state index < -0.39 is 0 Å². The molecule has 0 amide bonds. The van der Waals surface area contributed by atoms with Crippen LogP contribution in [0.25, 0.3) is 0 Å². The lowest BCUT2D eigenvalue weighted by molar-refractivity contribution is 0.460. The van der Waals surface area contributed by atoms with Crippen molar-refractivity contribution in [2.75, 3.05) is 19.6 Å². The number of hydrogen-bond acceptors (Lipinski definition) is 3. The Bertz CT molecular complexity index is 714. The molecule has 6 heteroatoms. The van der Waals surface area contributed by atoms with Crippen LogP contribution in [0.15, 0.2) is 35.3 Å². The third kappa shape index (κ3) is 5.67. The van der Waals surface area contributed by atoms with Crippen molar-refractivity contribution >= 4 is 41.3 Å². The van der Waals surface area contributed by atoms with Crippen molar-refractivity contribution in [2.24, 2.45) is 10.9 Å². The van der Waals surface area contributed by atoms with Gasteiger partial charge in [-0.2, -0.15) is 0 Å². The molecular weight excluding hydrogens is 455 g/mol. The molecule has 4 nitrogen and oxygen atoms in total. The van der Waals surface area contributed by atoms with Crippen LogP contribution < -0.4 is 5.32 Å². The van der Waals surface area contributed by atoms with Crippen molar-refractivity contribution in [2.45, 2.75) is 40.2 Å². The first-order valence-electron chi connectivity index (χ1n) is 9.15. The van der Waals surface area contributed by atoms with Crippen molar-refractivity contribution in [1.29, 1.82) is 0 Å². The second kappa shape index (κ2) is 10.3. The van der Waals surface area contributed by atoms with E-state index in [0.717, 1.165) is 49.3 Å². The standard InChI is InChI=1S/C20H28N4S.HI/c1-4-21-20(22-13-19-15(2)23-16(3)25-19)24-11-10-18(14-24)12-17-8-6-5-7-9-17;/h5-9,18H,4,10-14H2,1-3H3,(H,21,22);1H. The Morgan fingerprint density at radius 2 is 2.08 bits per heavy atom. The summed E-state index contributed by atoms with van der Waals surface area (Å²) in [6.07, 6.45) is 2.39. The van der Waals surface area contributed by atoms with Crippen molar-refractivity contribution in [3.63, 3.8) is 0 Å². The quantitative estimate of drug-likeness (QED) is 0.389. The van der Waals surface area contributed by atoms with Gasteiger partial charge in [-0.15, -0.1) is 35.3 Å². The molecule has 0 aliphatic carbocycles. The number of benzene rings is 1. The number of rotatable bonds is 5. The molecule has 1 saturated heterocycles. The molecule has 1 aliphatic heterocycles. The Labute approximate surface area is 178 Å². The molecule has 0 bridgehead atoms. The highest BCUT2D eigenvalue weighted by molar-refractivity contribution is 14.0. The molecular formula is C20H29IN4S. The molecule has 2 aromatic rings. The maximum absolute atomic E-state index is 4.88. The zero-order valence-electron chi connectivity index (χ0n) is 15.9. The average Bonchev–Trinajstić information content (AvgIpc) is 3.18. The molecule has 1 fully saturated rings. The van der Waals surface area contributed by atoms with E-state index in [0.29, 0.717) is 5.92 Å². The van der Waals surface area contributed by atoms with Gasteiger partial charge in [-0.05, 0) is 45.1 Å². The van der Waals surface area contributed by atoms with Crippen molar-refractivity contribution in [1.82, 2.24) is 15.2 Å². The summed E-state index contributed by atoms with van der Waals surface area (Å²) < 4.78 is 0. The van der Waals surface area contributed by atoms with Gasteiger partial charge in [0.15, 0.2) is 5.96 Å². The number of hydrogen-bond donors (Lipinski definition) is 1.